The van der Waals surface area contributed by atoms with Crippen LogP contribution < -0.4 is 10.9 Å². The molecule has 0 unspecified atom stereocenters. The molecule has 28 heavy (non-hydrogen) atoms. The maximum atomic E-state index is 12.6. The van der Waals surface area contributed by atoms with Gasteiger partial charge in [-0.25, -0.2) is 10.1 Å². The molecule has 0 aliphatic carbocycles. The van der Waals surface area contributed by atoms with Crippen molar-refractivity contribution in [3.63, 3.8) is 0 Å². The van der Waals surface area contributed by atoms with Crippen molar-refractivity contribution in [3.05, 3.63) is 88.7 Å². The number of hydrogen-bond donors (Lipinski definition) is 2. The molecule has 2 aromatic heterocycles. The van der Waals surface area contributed by atoms with E-state index in [0.717, 1.165) is 16.7 Å². The van der Waals surface area contributed by atoms with E-state index >= 15 is 0 Å². The van der Waals surface area contributed by atoms with Gasteiger partial charge in [0.05, 0.1) is 11.9 Å². The van der Waals surface area contributed by atoms with Crippen LogP contribution in [0.1, 0.15) is 15.9 Å². The van der Waals surface area contributed by atoms with Gasteiger partial charge in [0.2, 0.25) is 0 Å². The number of H-pyrrole nitrogens is 1. The molecular weight excluding hydrogens is 356 g/mol. The second kappa shape index (κ2) is 7.32. The molecular formula is C21H16N4O3. The molecule has 138 valence electrons. The van der Waals surface area contributed by atoms with E-state index in [0.29, 0.717) is 22.7 Å². The number of oxazole rings is 1. The van der Waals surface area contributed by atoms with E-state index in [1.54, 1.807) is 24.4 Å². The van der Waals surface area contributed by atoms with E-state index in [1.807, 2.05) is 37.3 Å². The van der Waals surface area contributed by atoms with Crippen molar-refractivity contribution in [1.82, 2.24) is 15.2 Å². The van der Waals surface area contributed by atoms with Gasteiger partial charge in [-0.3, -0.25) is 9.59 Å². The fourth-order valence-corrected chi connectivity index (χ4v) is 2.76. The number of nitrogens with one attached hydrogen (secondary N) is 2. The van der Waals surface area contributed by atoms with Gasteiger partial charge in [-0.1, -0.05) is 24.3 Å². The number of aromatic nitrogens is 3. The molecule has 0 fully saturated rings. The molecule has 2 heterocycles. The van der Waals surface area contributed by atoms with Gasteiger partial charge in [0.1, 0.15) is 0 Å². The zero-order valence-electron chi connectivity index (χ0n) is 15.0. The summed E-state index contributed by atoms with van der Waals surface area (Å²) in [5.41, 5.74) is 4.10. The minimum atomic E-state index is -0.266. The van der Waals surface area contributed by atoms with Gasteiger partial charge >= 0.3 is 0 Å². The fourth-order valence-electron chi connectivity index (χ4n) is 2.76. The summed E-state index contributed by atoms with van der Waals surface area (Å²) < 4.78 is 5.25. The molecule has 0 atom stereocenters. The number of carbonyl (C=O) groups is 1. The van der Waals surface area contributed by atoms with E-state index in [2.05, 4.69) is 20.5 Å². The van der Waals surface area contributed by atoms with Crippen molar-refractivity contribution in [2.75, 3.05) is 5.32 Å². The van der Waals surface area contributed by atoms with Crippen molar-refractivity contribution in [2.45, 2.75) is 6.92 Å². The van der Waals surface area contributed by atoms with Gasteiger partial charge in [0.15, 0.2) is 12.2 Å². The Morgan fingerprint density at radius 3 is 2.50 bits per heavy atom. The number of anilines is 1. The molecule has 0 saturated heterocycles. The first kappa shape index (κ1) is 17.4. The predicted octanol–water partition coefficient (Wildman–Crippen LogP) is 3.65. The second-order valence-electron chi connectivity index (χ2n) is 6.23. The number of rotatable bonds is 4. The monoisotopic (exact) mass is 372 g/mol. The lowest BCUT2D eigenvalue weighted by molar-refractivity contribution is 0.102. The molecule has 0 saturated carbocycles. The average molecular weight is 372 g/mol. The third kappa shape index (κ3) is 3.59. The highest BCUT2D eigenvalue weighted by Gasteiger charge is 2.11. The van der Waals surface area contributed by atoms with Crippen molar-refractivity contribution in [1.29, 1.82) is 0 Å². The first-order chi connectivity index (χ1) is 13.6. The van der Waals surface area contributed by atoms with Gasteiger partial charge in [0, 0.05) is 28.4 Å². The third-order valence-corrected chi connectivity index (χ3v) is 4.32. The minimum absolute atomic E-state index is 0.223. The molecule has 1 amide bonds. The van der Waals surface area contributed by atoms with Crippen molar-refractivity contribution >= 4 is 11.6 Å². The summed E-state index contributed by atoms with van der Waals surface area (Å²) in [6, 6.07) is 15.7. The summed E-state index contributed by atoms with van der Waals surface area (Å²) in [6.07, 6.45) is 2.98. The van der Waals surface area contributed by atoms with Gasteiger partial charge in [0.25, 0.3) is 11.5 Å². The molecule has 7 heteroatoms. The zero-order valence-corrected chi connectivity index (χ0v) is 15.0. The summed E-state index contributed by atoms with van der Waals surface area (Å²) in [4.78, 5) is 27.7. The average Bonchev–Trinajstić information content (AvgIpc) is 3.25. The summed E-state index contributed by atoms with van der Waals surface area (Å²) >= 11 is 0. The molecule has 0 radical (unpaired) electrons. The lowest BCUT2D eigenvalue weighted by atomic mass is 10.1. The summed E-state index contributed by atoms with van der Waals surface area (Å²) in [5, 5.41) is 9.37. The number of benzene rings is 2. The molecule has 0 spiro atoms. The smallest absolute Gasteiger partial charge is 0.264 e. The van der Waals surface area contributed by atoms with Crippen LogP contribution in [0.3, 0.4) is 0 Å². The van der Waals surface area contributed by atoms with E-state index in [4.69, 9.17) is 4.42 Å². The van der Waals surface area contributed by atoms with E-state index in [-0.39, 0.29) is 11.5 Å². The Balaban J connectivity index is 1.56. The van der Waals surface area contributed by atoms with Gasteiger partial charge in [-0.2, -0.15) is 5.10 Å². The van der Waals surface area contributed by atoms with Gasteiger partial charge in [-0.15, -0.1) is 0 Å². The Bertz CT molecular complexity index is 1160. The first-order valence-electron chi connectivity index (χ1n) is 8.57. The molecule has 2 N–H and O–H groups in total. The number of hydrogen-bond acceptors (Lipinski definition) is 5. The van der Waals surface area contributed by atoms with E-state index < -0.39 is 0 Å². The van der Waals surface area contributed by atoms with Gasteiger partial charge in [-0.05, 0) is 36.8 Å². The van der Waals surface area contributed by atoms with Crippen LogP contribution in [0.5, 0.6) is 0 Å². The number of amides is 1. The normalized spacial score (nSPS) is 10.6. The molecule has 0 bridgehead atoms. The number of aryl methyl sites for hydroxylation is 1. The molecule has 7 nitrogen and oxygen atoms in total. The highest BCUT2D eigenvalue weighted by molar-refractivity contribution is 6.05. The summed E-state index contributed by atoms with van der Waals surface area (Å²) in [6.45, 7) is 1.91. The second-order valence-corrected chi connectivity index (χ2v) is 6.23. The van der Waals surface area contributed by atoms with E-state index in [9.17, 15) is 9.59 Å². The van der Waals surface area contributed by atoms with Crippen molar-refractivity contribution < 1.29 is 9.21 Å². The number of nitrogens with zero attached hydrogens (tertiary/aromatic N) is 2. The van der Waals surface area contributed by atoms with Crippen LogP contribution in [0.25, 0.3) is 22.6 Å². The van der Waals surface area contributed by atoms with Gasteiger partial charge < -0.3 is 9.73 Å². The fraction of sp³-hybridized carbons (Fsp3) is 0.0476. The molecule has 4 aromatic rings. The molecule has 2 aromatic carbocycles. The van der Waals surface area contributed by atoms with Crippen LogP contribution in [-0.4, -0.2) is 21.1 Å². The molecule has 0 aliphatic heterocycles. The van der Waals surface area contributed by atoms with Crippen LogP contribution in [-0.2, 0) is 0 Å². The van der Waals surface area contributed by atoms with Crippen LogP contribution in [0.4, 0.5) is 5.69 Å². The number of aromatic amines is 1. The molecule has 0 aliphatic rings. The Morgan fingerprint density at radius 2 is 1.82 bits per heavy atom. The highest BCUT2D eigenvalue weighted by atomic mass is 16.3. The topological polar surface area (TPSA) is 101 Å². The third-order valence-electron chi connectivity index (χ3n) is 4.32. The zero-order chi connectivity index (χ0) is 19.5. The summed E-state index contributed by atoms with van der Waals surface area (Å²) in [5.74, 6) is 0.419. The first-order valence-corrected chi connectivity index (χ1v) is 8.57. The minimum Gasteiger partial charge on any atom is -0.444 e. The highest BCUT2D eigenvalue weighted by Crippen LogP contribution is 2.24. The lowest BCUT2D eigenvalue weighted by Crippen LogP contribution is -2.13. The van der Waals surface area contributed by atoms with Crippen LogP contribution >= 0.6 is 0 Å². The number of carbonyl (C=O) groups excluding carboxylic acids is 1. The molecule has 4 rings (SSSR count). The SMILES string of the molecule is Cc1ccc(-c2ccc(=O)[nH]n2)cc1NC(=O)c1ccc(-c2cnco2)cc1. The quantitative estimate of drug-likeness (QED) is 0.569. The Hall–Kier alpha value is -4.00. The van der Waals surface area contributed by atoms with Crippen LogP contribution in [0.2, 0.25) is 0 Å². The Morgan fingerprint density at radius 1 is 1.04 bits per heavy atom. The Kier molecular flexibility index (Phi) is 4.55. The largest absolute Gasteiger partial charge is 0.444 e. The maximum absolute atomic E-state index is 12.6. The Labute approximate surface area is 160 Å². The van der Waals surface area contributed by atoms with Crippen molar-refractivity contribution in [2.24, 2.45) is 0 Å². The standard InChI is InChI=1S/C21H16N4O3/c1-13-2-3-16(17-8-9-20(26)25-24-17)10-18(13)23-21(27)15-6-4-14(5-7-15)19-11-22-12-28-19/h2-12H,1H3,(H,23,27)(H,25,26). The van der Waals surface area contributed by atoms with Crippen molar-refractivity contribution in [3.8, 4) is 22.6 Å². The van der Waals surface area contributed by atoms with Crippen LogP contribution in [0, 0.1) is 6.92 Å². The van der Waals surface area contributed by atoms with Crippen LogP contribution in [0.15, 0.2) is 76.4 Å². The maximum Gasteiger partial charge on any atom is 0.264 e. The van der Waals surface area contributed by atoms with E-state index in [1.165, 1.54) is 12.5 Å². The predicted molar refractivity (Wildman–Crippen MR) is 105 cm³/mol. The lowest BCUT2D eigenvalue weighted by Gasteiger charge is -2.11. The summed E-state index contributed by atoms with van der Waals surface area (Å²) in [7, 11) is 0.